The molecule has 3 N–H and O–H groups in total. The van der Waals surface area contributed by atoms with Crippen LogP contribution in [0.5, 0.6) is 5.75 Å². The molecule has 0 saturated heterocycles. The number of H-pyrrole nitrogens is 1. The maximum absolute atomic E-state index is 13.0. The summed E-state index contributed by atoms with van der Waals surface area (Å²) in [6.45, 7) is 8.13. The summed E-state index contributed by atoms with van der Waals surface area (Å²) in [6, 6.07) is 4.80. The summed E-state index contributed by atoms with van der Waals surface area (Å²) in [5, 5.41) is 0.648. The number of hydrogen-bond donors (Lipinski definition) is 3. The lowest BCUT2D eigenvalue weighted by Gasteiger charge is -2.26. The van der Waals surface area contributed by atoms with Gasteiger partial charge >= 0.3 is 7.82 Å². The third kappa shape index (κ3) is 4.92. The maximum atomic E-state index is 13.0. The van der Waals surface area contributed by atoms with E-state index in [0.29, 0.717) is 24.9 Å². The van der Waals surface area contributed by atoms with Crippen molar-refractivity contribution < 1.29 is 23.3 Å². The molecule has 0 aliphatic heterocycles. The van der Waals surface area contributed by atoms with Crippen molar-refractivity contribution in [1.29, 1.82) is 0 Å². The fraction of sp³-hybridized carbons (Fsp3) is 0.412. The van der Waals surface area contributed by atoms with E-state index < -0.39 is 14.5 Å². The van der Waals surface area contributed by atoms with Crippen molar-refractivity contribution in [2.24, 2.45) is 0 Å². The number of nitrogens with zero attached hydrogens (tertiary/aromatic N) is 1. The molecule has 2 aromatic rings. The predicted octanol–water partition coefficient (Wildman–Crippen LogP) is 3.34. The second-order valence-electron chi connectivity index (χ2n) is 6.03. The van der Waals surface area contributed by atoms with Gasteiger partial charge in [0.1, 0.15) is 12.4 Å². The van der Waals surface area contributed by atoms with Crippen LogP contribution in [0, 0.1) is 6.92 Å². The van der Waals surface area contributed by atoms with E-state index in [0.717, 1.165) is 16.8 Å². The van der Waals surface area contributed by atoms with Gasteiger partial charge in [-0.15, -0.1) is 6.58 Å². The average Bonchev–Trinajstić information content (AvgIpc) is 2.85. The summed E-state index contributed by atoms with van der Waals surface area (Å²) in [6.07, 6.45) is 2.32. The second-order valence-corrected chi connectivity index (χ2v) is 7.19. The summed E-state index contributed by atoms with van der Waals surface area (Å²) in [5.74, 6) is 0.138. The highest BCUT2D eigenvalue weighted by atomic mass is 31.2. The lowest BCUT2D eigenvalue weighted by atomic mass is 10.1. The normalized spacial score (nSPS) is 13.4. The molecule has 25 heavy (non-hydrogen) atoms. The number of hydrogen-bond acceptors (Lipinski definition) is 3. The molecule has 1 heterocycles. The molecule has 8 heteroatoms. The standard InChI is InChI=1S/C17H24FN2O4P/c1-4-9-20(12(2)11-18)10-8-14-13(3)19-15-6-5-7-16(17(14)15)24-25(21,22)23/h4-7,12,19H,1,8-11H2,2-3H3,(H2,21,22,23). The van der Waals surface area contributed by atoms with Crippen molar-refractivity contribution in [2.45, 2.75) is 26.3 Å². The fourth-order valence-electron chi connectivity index (χ4n) is 2.94. The number of rotatable bonds is 9. The zero-order valence-electron chi connectivity index (χ0n) is 14.4. The molecule has 1 aromatic heterocycles. The molecule has 1 atom stereocenters. The van der Waals surface area contributed by atoms with Crippen molar-refractivity contribution in [3.63, 3.8) is 0 Å². The molecule has 1 aromatic carbocycles. The zero-order chi connectivity index (χ0) is 18.6. The number of benzene rings is 1. The highest BCUT2D eigenvalue weighted by molar-refractivity contribution is 7.46. The summed E-state index contributed by atoms with van der Waals surface area (Å²) < 4.78 is 29.1. The van der Waals surface area contributed by atoms with E-state index in [-0.39, 0.29) is 11.8 Å². The Bertz CT molecular complexity index is 786. The first kappa shape index (κ1) is 19.7. The van der Waals surface area contributed by atoms with Gasteiger partial charge in [0.15, 0.2) is 0 Å². The molecule has 0 saturated carbocycles. The number of fused-ring (bicyclic) bond motifs is 1. The summed E-state index contributed by atoms with van der Waals surface area (Å²) in [4.78, 5) is 23.5. The first-order valence-electron chi connectivity index (χ1n) is 8.03. The van der Waals surface area contributed by atoms with Gasteiger partial charge in [-0.05, 0) is 38.0 Å². The molecule has 0 aliphatic rings. The van der Waals surface area contributed by atoms with Crippen LogP contribution in [0.15, 0.2) is 30.9 Å². The Kier molecular flexibility index (Phi) is 6.41. The van der Waals surface area contributed by atoms with Gasteiger partial charge in [0.05, 0.1) is 0 Å². The molecular weight excluding hydrogens is 346 g/mol. The third-order valence-corrected chi connectivity index (χ3v) is 4.61. The van der Waals surface area contributed by atoms with Crippen LogP contribution in [0.2, 0.25) is 0 Å². The molecule has 6 nitrogen and oxygen atoms in total. The number of halogens is 1. The van der Waals surface area contributed by atoms with E-state index in [4.69, 9.17) is 14.3 Å². The van der Waals surface area contributed by atoms with Crippen LogP contribution in [0.1, 0.15) is 18.2 Å². The van der Waals surface area contributed by atoms with Crippen LogP contribution in [-0.4, -0.2) is 45.5 Å². The lowest BCUT2D eigenvalue weighted by molar-refractivity contribution is 0.198. The number of nitrogens with one attached hydrogen (secondary N) is 1. The van der Waals surface area contributed by atoms with Gasteiger partial charge in [-0.2, -0.15) is 0 Å². The monoisotopic (exact) mass is 370 g/mol. The quantitative estimate of drug-likeness (QED) is 0.466. The highest BCUT2D eigenvalue weighted by Crippen LogP contribution is 2.42. The Balaban J connectivity index is 2.35. The molecule has 2 rings (SSSR count). The van der Waals surface area contributed by atoms with Gasteiger partial charge in [0, 0.05) is 35.7 Å². The Morgan fingerprint density at radius 2 is 2.20 bits per heavy atom. The third-order valence-electron chi connectivity index (χ3n) is 4.18. The van der Waals surface area contributed by atoms with Crippen molar-refractivity contribution in [2.75, 3.05) is 19.8 Å². The summed E-state index contributed by atoms with van der Waals surface area (Å²) >= 11 is 0. The molecule has 0 bridgehead atoms. The zero-order valence-corrected chi connectivity index (χ0v) is 15.3. The van der Waals surface area contributed by atoms with Crippen molar-refractivity contribution in [1.82, 2.24) is 9.88 Å². The summed E-state index contributed by atoms with van der Waals surface area (Å²) in [7, 11) is -4.66. The van der Waals surface area contributed by atoms with Crippen LogP contribution in [0.25, 0.3) is 10.9 Å². The second kappa shape index (κ2) is 8.15. The van der Waals surface area contributed by atoms with E-state index in [1.165, 1.54) is 6.07 Å². The number of aromatic amines is 1. The van der Waals surface area contributed by atoms with Crippen LogP contribution in [0.4, 0.5) is 4.39 Å². The largest absolute Gasteiger partial charge is 0.524 e. The minimum absolute atomic E-state index is 0.138. The molecule has 138 valence electrons. The topological polar surface area (TPSA) is 85.8 Å². The van der Waals surface area contributed by atoms with Gasteiger partial charge in [0.25, 0.3) is 0 Å². The molecule has 0 aliphatic carbocycles. The Morgan fingerprint density at radius 3 is 2.80 bits per heavy atom. The van der Waals surface area contributed by atoms with E-state index in [1.807, 2.05) is 24.8 Å². The van der Waals surface area contributed by atoms with Gasteiger partial charge in [-0.25, -0.2) is 8.96 Å². The first-order valence-corrected chi connectivity index (χ1v) is 9.56. The van der Waals surface area contributed by atoms with Crippen molar-refractivity contribution in [3.8, 4) is 5.75 Å². The molecule has 0 fully saturated rings. The van der Waals surface area contributed by atoms with Gasteiger partial charge in [-0.1, -0.05) is 12.1 Å². The Hall–Kier alpha value is -1.66. The highest BCUT2D eigenvalue weighted by Gasteiger charge is 2.21. The average molecular weight is 370 g/mol. The SMILES string of the molecule is C=CCN(CCc1c(C)[nH]c2cccc(OP(=O)(O)O)c12)C(C)CF. The predicted molar refractivity (Wildman–Crippen MR) is 96.6 cm³/mol. The Labute approximate surface area is 146 Å². The Morgan fingerprint density at radius 1 is 1.48 bits per heavy atom. The van der Waals surface area contributed by atoms with Crippen LogP contribution < -0.4 is 4.52 Å². The molecule has 0 radical (unpaired) electrons. The molecule has 1 unspecified atom stereocenters. The number of aromatic nitrogens is 1. The smallest absolute Gasteiger partial charge is 0.404 e. The first-order chi connectivity index (χ1) is 11.8. The van der Waals surface area contributed by atoms with Crippen LogP contribution in [0.3, 0.4) is 0 Å². The van der Waals surface area contributed by atoms with E-state index in [9.17, 15) is 8.96 Å². The van der Waals surface area contributed by atoms with Crippen molar-refractivity contribution in [3.05, 3.63) is 42.1 Å². The molecule has 0 amide bonds. The maximum Gasteiger partial charge on any atom is 0.524 e. The lowest BCUT2D eigenvalue weighted by Crippen LogP contribution is -2.36. The van der Waals surface area contributed by atoms with Gasteiger partial charge < -0.3 is 9.51 Å². The number of aryl methyl sites for hydroxylation is 1. The van der Waals surface area contributed by atoms with Crippen molar-refractivity contribution >= 4 is 18.7 Å². The molecule has 0 spiro atoms. The molecular formula is C17H24FN2O4P. The summed E-state index contributed by atoms with van der Waals surface area (Å²) in [5.41, 5.74) is 2.54. The van der Waals surface area contributed by atoms with Gasteiger partial charge in [-0.3, -0.25) is 14.7 Å². The van der Waals surface area contributed by atoms with E-state index >= 15 is 0 Å². The minimum Gasteiger partial charge on any atom is -0.404 e. The van der Waals surface area contributed by atoms with Gasteiger partial charge in [0.2, 0.25) is 0 Å². The van der Waals surface area contributed by atoms with Crippen LogP contribution >= 0.6 is 7.82 Å². The fourth-order valence-corrected chi connectivity index (χ4v) is 3.35. The minimum atomic E-state index is -4.66. The number of phosphoric acid groups is 1. The van der Waals surface area contributed by atoms with E-state index in [1.54, 1.807) is 12.1 Å². The number of phosphoric ester groups is 1. The van der Waals surface area contributed by atoms with E-state index in [2.05, 4.69) is 11.6 Å². The number of alkyl halides is 1. The van der Waals surface area contributed by atoms with Crippen LogP contribution in [-0.2, 0) is 11.0 Å².